The van der Waals surface area contributed by atoms with E-state index in [1.807, 2.05) is 23.7 Å². The second kappa shape index (κ2) is 21.5. The van der Waals surface area contributed by atoms with Gasteiger partial charge in [0.05, 0.1) is 51.1 Å². The summed E-state index contributed by atoms with van der Waals surface area (Å²) in [6.07, 6.45) is 1.81. The van der Waals surface area contributed by atoms with E-state index in [1.54, 1.807) is 0 Å². The molecule has 11 heterocycles. The van der Waals surface area contributed by atoms with Crippen molar-refractivity contribution in [3.8, 4) is 56.4 Å². The molecule has 0 saturated carbocycles. The Labute approximate surface area is 607 Å². The smallest absolute Gasteiger partial charge is 0.327 e. The van der Waals surface area contributed by atoms with Crippen LogP contribution in [0, 0.1) is 111 Å². The summed E-state index contributed by atoms with van der Waals surface area (Å²) in [5.41, 5.74) is 46.5. The first-order chi connectivity index (χ1) is 47.8. The van der Waals surface area contributed by atoms with Crippen molar-refractivity contribution in [2.45, 2.75) is 208 Å². The van der Waals surface area contributed by atoms with Crippen LogP contribution in [-0.4, -0.2) is 18.3 Å². The maximum Gasteiger partial charge on any atom is 0.327 e. The largest absolute Gasteiger partial charge is 0.456 e. The molecule has 0 bridgehead atoms. The molecule has 5 aliphatic rings. The molecule has 0 amide bonds. The highest BCUT2D eigenvalue weighted by atomic mass is 32.1. The molecule has 0 atom stereocenters. The van der Waals surface area contributed by atoms with E-state index in [0.717, 1.165) is 17.1 Å². The molecular weight excluding hydrogens is 1270 g/mol. The highest BCUT2D eigenvalue weighted by Gasteiger charge is 2.54. The third-order valence-corrected chi connectivity index (χ3v) is 28.1. The lowest BCUT2D eigenvalue weighted by atomic mass is 9.80. The molecule has 0 fully saturated rings. The van der Waals surface area contributed by atoms with Crippen LogP contribution in [0.3, 0.4) is 0 Å². The first-order valence-electron chi connectivity index (χ1n) is 36.9. The second-order valence-corrected chi connectivity index (χ2v) is 34.6. The predicted octanol–water partition coefficient (Wildman–Crippen LogP) is 20.6. The van der Waals surface area contributed by atoms with Gasteiger partial charge in [-0.15, -0.1) is 11.3 Å². The highest BCUT2D eigenvalue weighted by molar-refractivity contribution is 7.13. The number of rotatable bonds is 0. The Hall–Kier alpha value is -9.06. The molecule has 7 aromatic heterocycles. The van der Waals surface area contributed by atoms with Crippen LogP contribution >= 0.6 is 11.3 Å². The third kappa shape index (κ3) is 8.12. The Morgan fingerprint density at radius 1 is 0.333 bits per heavy atom. The predicted molar refractivity (Wildman–Crippen MR) is 421 cm³/mol. The van der Waals surface area contributed by atoms with Gasteiger partial charge < -0.3 is 8.83 Å². The summed E-state index contributed by atoms with van der Waals surface area (Å²) < 4.78 is 31.9. The van der Waals surface area contributed by atoms with Crippen molar-refractivity contribution in [1.82, 2.24) is 18.3 Å². The standard InChI is InChI=1S/C30H33N2.C23H25N2O.C19H23N2O.C19H23N2S/c1-16-17(2)19(4)27-26(18(16)3)31(9)28-22-15-24-21(14-25(22)30(7,8)32(27)28)20-12-10-11-13-23(20)29(24,5)6;1-12-13(2)15(4)20-19(14(12)3)24(7)22-21-18(23(5,6)25(20)22)16-10-8-9-11-17(16)26-21;2*1-10-11(2)13(4)16-15(12(10)3)20(7)18-17-14(8-9-22-17)19(5,6)21(16)18/h10-15H,1-9H3;8-11H,1-7H3;2*8-9H,1-7H3/q4*+1. The van der Waals surface area contributed by atoms with Crippen LogP contribution in [0.15, 0.2) is 93.3 Å². The molecule has 0 N–H and O–H groups in total. The van der Waals surface area contributed by atoms with E-state index in [0.29, 0.717) is 0 Å². The van der Waals surface area contributed by atoms with Crippen molar-refractivity contribution in [1.29, 1.82) is 0 Å². The zero-order chi connectivity index (χ0) is 73.4. The minimum Gasteiger partial charge on any atom is -0.456 e. The first kappa shape index (κ1) is 67.4. The lowest BCUT2D eigenvalue weighted by Crippen LogP contribution is -2.31. The first-order valence-corrected chi connectivity index (χ1v) is 37.7. The Morgan fingerprint density at radius 2 is 0.725 bits per heavy atom. The minimum absolute atomic E-state index is 0.0160. The summed E-state index contributed by atoms with van der Waals surface area (Å²) >= 11 is 1.86. The fourth-order valence-electron chi connectivity index (χ4n) is 20.2. The topological polar surface area (TPSA) is 61.5 Å². The third-order valence-electron chi connectivity index (χ3n) is 27.2. The van der Waals surface area contributed by atoms with E-state index in [9.17, 15) is 0 Å². The zero-order valence-corrected chi connectivity index (χ0v) is 67.2. The van der Waals surface area contributed by atoms with Gasteiger partial charge in [0.1, 0.15) is 32.6 Å². The van der Waals surface area contributed by atoms with Gasteiger partial charge in [-0.05, 0) is 269 Å². The lowest BCUT2D eigenvalue weighted by Gasteiger charge is -2.23. The van der Waals surface area contributed by atoms with Gasteiger partial charge >= 0.3 is 17.5 Å². The van der Waals surface area contributed by atoms with Crippen LogP contribution in [0.25, 0.3) is 111 Å². The van der Waals surface area contributed by atoms with Gasteiger partial charge in [0.15, 0.2) is 44.1 Å². The van der Waals surface area contributed by atoms with E-state index in [1.165, 1.54) is 217 Å². The van der Waals surface area contributed by atoms with Gasteiger partial charge in [-0.3, -0.25) is 0 Å². The van der Waals surface area contributed by atoms with Crippen molar-refractivity contribution in [3.05, 3.63) is 207 Å². The summed E-state index contributed by atoms with van der Waals surface area (Å²) in [5, 5.41) is 3.45. The molecule has 0 spiro atoms. The van der Waals surface area contributed by atoms with Crippen molar-refractivity contribution in [2.75, 3.05) is 0 Å². The van der Waals surface area contributed by atoms with Crippen LogP contribution in [-0.2, 0) is 55.8 Å². The number of aromatic nitrogens is 8. The fraction of sp³-hybridized carbons (Fsp3) is 0.385. The number of imidazole rings is 4. The Bertz CT molecular complexity index is 5990. The Kier molecular flexibility index (Phi) is 14.2. The maximum atomic E-state index is 6.38. The van der Waals surface area contributed by atoms with E-state index >= 15 is 0 Å². The van der Waals surface area contributed by atoms with Gasteiger partial charge in [-0.25, -0.2) is 36.5 Å². The molecule has 4 aliphatic heterocycles. The van der Waals surface area contributed by atoms with Crippen LogP contribution in [0.4, 0.5) is 0 Å². The molecule has 11 heteroatoms. The summed E-state index contributed by atoms with van der Waals surface area (Å²) in [6.45, 7) is 59.5. The molecule has 102 heavy (non-hydrogen) atoms. The van der Waals surface area contributed by atoms with Crippen LogP contribution < -0.4 is 18.3 Å². The Morgan fingerprint density at radius 3 is 1.25 bits per heavy atom. The van der Waals surface area contributed by atoms with Crippen molar-refractivity contribution < 1.29 is 27.1 Å². The molecule has 7 aromatic carbocycles. The number of aryl methyl sites for hydroxylation is 12. The molecule has 1 aliphatic carbocycles. The van der Waals surface area contributed by atoms with E-state index in [2.05, 4.69) is 317 Å². The maximum absolute atomic E-state index is 6.38. The quantitative estimate of drug-likeness (QED) is 0.142. The van der Waals surface area contributed by atoms with E-state index in [-0.39, 0.29) is 27.6 Å². The summed E-state index contributed by atoms with van der Waals surface area (Å²) in [6, 6.07) is 26.8. The summed E-state index contributed by atoms with van der Waals surface area (Å²) in [5.74, 6) is 7.08. The van der Waals surface area contributed by atoms with E-state index in [4.69, 9.17) is 8.83 Å². The number of para-hydroxylation sites is 1. The summed E-state index contributed by atoms with van der Waals surface area (Å²) in [7, 11) is 8.81. The fourth-order valence-corrected chi connectivity index (χ4v) is 21.3. The van der Waals surface area contributed by atoms with Crippen LogP contribution in [0.2, 0.25) is 0 Å². The van der Waals surface area contributed by atoms with Gasteiger partial charge in [0, 0.05) is 66.4 Å². The molecular formula is C91H104N8O2S+4. The molecule has 0 unspecified atom stereocenters. The normalized spacial score (nSPS) is 15.7. The molecule has 14 aromatic rings. The van der Waals surface area contributed by atoms with Crippen LogP contribution in [0.5, 0.6) is 0 Å². The zero-order valence-electron chi connectivity index (χ0n) is 66.4. The number of fused-ring (bicyclic) bond motifs is 25. The number of thiophene rings is 1. The number of benzene rings is 7. The number of hydrogen-bond donors (Lipinski definition) is 0. The minimum atomic E-state index is -0.157. The van der Waals surface area contributed by atoms with Crippen molar-refractivity contribution in [3.63, 3.8) is 0 Å². The molecule has 0 saturated heterocycles. The average Bonchev–Trinajstić information content (AvgIpc) is 1.55. The highest BCUT2D eigenvalue weighted by Crippen LogP contribution is 2.57. The van der Waals surface area contributed by atoms with Crippen molar-refractivity contribution in [2.24, 2.45) is 28.2 Å². The van der Waals surface area contributed by atoms with Crippen LogP contribution in [0.1, 0.15) is 192 Å². The second-order valence-electron chi connectivity index (χ2n) is 33.6. The summed E-state index contributed by atoms with van der Waals surface area (Å²) in [4.78, 5) is 1.43. The lowest BCUT2D eigenvalue weighted by molar-refractivity contribution is -0.634. The Balaban J connectivity index is 0.000000107. The van der Waals surface area contributed by atoms with Crippen molar-refractivity contribution >= 4 is 66.4 Å². The molecule has 0 radical (unpaired) electrons. The monoisotopic (exact) mass is 1370 g/mol. The van der Waals surface area contributed by atoms with Gasteiger partial charge in [-0.1, -0.05) is 56.3 Å². The molecule has 19 rings (SSSR count). The average molecular weight is 1370 g/mol. The number of nitrogens with zero attached hydrogens (tertiary/aromatic N) is 8. The van der Waals surface area contributed by atoms with Gasteiger partial charge in [0.25, 0.3) is 5.82 Å². The SMILES string of the molecule is Cc1c(C)c(C)c2c(c1C)n1c([n+]2C)-c2cc3c(cc2C1(C)C)-c1ccccc1C3(C)C.Cc1c(C)c(C)c2c(c1C)n1c([n+]2C)-c2oc3ccccc3c2C1(C)C.Cc1c(C)c(C)c2c(c1C)n1c([n+]2C)-c2occc2C1(C)C.Cc1c(C)c(C)c2c(c1C)n1c([n+]2C)-c2sccc2C1(C)C. The molecule has 522 valence electrons. The number of hydrogen-bond acceptors (Lipinski definition) is 3. The molecule has 10 nitrogen and oxygen atoms in total. The van der Waals surface area contributed by atoms with Gasteiger partial charge in [0.2, 0.25) is 11.5 Å². The van der Waals surface area contributed by atoms with Gasteiger partial charge in [-0.2, -0.15) is 0 Å². The number of furan rings is 2. The van der Waals surface area contributed by atoms with E-state index < -0.39 is 0 Å².